The van der Waals surface area contributed by atoms with Crippen LogP contribution >= 0.6 is 0 Å². The number of amides is 1. The zero-order chi connectivity index (χ0) is 15.0. The fourth-order valence-electron chi connectivity index (χ4n) is 2.14. The normalized spacial score (nSPS) is 14.2. The van der Waals surface area contributed by atoms with Crippen LogP contribution in [0.15, 0.2) is 4.79 Å². The van der Waals surface area contributed by atoms with Gasteiger partial charge in [0.15, 0.2) is 0 Å². The zero-order valence-corrected chi connectivity index (χ0v) is 11.7. The lowest BCUT2D eigenvalue weighted by Crippen LogP contribution is -2.42. The lowest BCUT2D eigenvalue weighted by molar-refractivity contribution is -0.137. The van der Waals surface area contributed by atoms with Crippen LogP contribution in [0.25, 0.3) is 0 Å². The van der Waals surface area contributed by atoms with Gasteiger partial charge in [0, 0.05) is 13.1 Å². The van der Waals surface area contributed by atoms with Gasteiger partial charge >= 0.3 is 5.97 Å². The Kier molecular flexibility index (Phi) is 3.61. The highest BCUT2D eigenvalue weighted by Gasteiger charge is 2.36. The molecule has 108 valence electrons. The highest BCUT2D eigenvalue weighted by Crippen LogP contribution is 2.28. The van der Waals surface area contributed by atoms with Gasteiger partial charge in [0.05, 0.1) is 5.69 Å². The summed E-state index contributed by atoms with van der Waals surface area (Å²) in [5.74, 6) is -1.59. The van der Waals surface area contributed by atoms with Crippen LogP contribution in [0.4, 0.5) is 0 Å². The summed E-state index contributed by atoms with van der Waals surface area (Å²) in [6.07, 6.45) is 1.56. The van der Waals surface area contributed by atoms with Crippen LogP contribution in [-0.4, -0.2) is 44.3 Å². The summed E-state index contributed by atoms with van der Waals surface area (Å²) in [6, 6.07) is -0.0730. The number of aliphatic carboxylic acids is 1. The van der Waals surface area contributed by atoms with Crippen molar-refractivity contribution in [1.82, 2.24) is 14.7 Å². The number of aryl methyl sites for hydroxylation is 2. The molecule has 1 N–H and O–H groups in total. The molecule has 7 nitrogen and oxygen atoms in total. The molecule has 0 aromatic carbocycles. The number of rotatable bonds is 4. The van der Waals surface area contributed by atoms with Crippen LogP contribution in [0.1, 0.15) is 34.5 Å². The molecule has 0 unspecified atom stereocenters. The van der Waals surface area contributed by atoms with E-state index in [0.717, 1.165) is 17.5 Å². The zero-order valence-electron chi connectivity index (χ0n) is 11.7. The number of hydrogen-bond donors (Lipinski definition) is 1. The molecule has 1 aromatic heterocycles. The predicted octanol–water partition coefficient (Wildman–Crippen LogP) is 0.0863. The Morgan fingerprint density at radius 3 is 2.50 bits per heavy atom. The summed E-state index contributed by atoms with van der Waals surface area (Å²) < 4.78 is 1.11. The van der Waals surface area contributed by atoms with Crippen molar-refractivity contribution in [2.45, 2.75) is 32.7 Å². The smallest absolute Gasteiger partial charge is 0.323 e. The van der Waals surface area contributed by atoms with Crippen LogP contribution in [0.5, 0.6) is 0 Å². The lowest BCUT2D eigenvalue weighted by atomic mass is 10.1. The Labute approximate surface area is 115 Å². The molecule has 0 saturated heterocycles. The molecule has 1 aliphatic carbocycles. The SMILES string of the molecule is Cc1nn(C)c(=O)c(C(=O)N(CC(=O)O)C2CC2)c1C. The summed E-state index contributed by atoms with van der Waals surface area (Å²) in [5.41, 5.74) is 0.623. The molecule has 0 aliphatic heterocycles. The van der Waals surface area contributed by atoms with Crippen molar-refractivity contribution < 1.29 is 14.7 Å². The molecular weight excluding hydrogens is 262 g/mol. The molecule has 20 heavy (non-hydrogen) atoms. The Bertz CT molecular complexity index is 631. The number of nitrogens with zero attached hydrogens (tertiary/aromatic N) is 3. The molecule has 0 atom stereocenters. The Balaban J connectivity index is 2.46. The lowest BCUT2D eigenvalue weighted by Gasteiger charge is -2.21. The van der Waals surface area contributed by atoms with Crippen molar-refractivity contribution in [3.63, 3.8) is 0 Å². The molecule has 1 fully saturated rings. The number of aromatic nitrogens is 2. The maximum Gasteiger partial charge on any atom is 0.323 e. The van der Waals surface area contributed by atoms with Crippen LogP contribution in [0, 0.1) is 13.8 Å². The second kappa shape index (κ2) is 5.07. The van der Waals surface area contributed by atoms with E-state index in [0.29, 0.717) is 11.3 Å². The molecule has 1 saturated carbocycles. The van der Waals surface area contributed by atoms with Gasteiger partial charge in [-0.05, 0) is 32.3 Å². The van der Waals surface area contributed by atoms with Crippen molar-refractivity contribution >= 4 is 11.9 Å². The van der Waals surface area contributed by atoms with Crippen molar-refractivity contribution in [2.75, 3.05) is 6.54 Å². The third kappa shape index (κ3) is 2.56. The van der Waals surface area contributed by atoms with E-state index >= 15 is 0 Å². The molecular formula is C13H17N3O4. The average molecular weight is 279 g/mol. The maximum atomic E-state index is 12.5. The molecule has 1 aliphatic rings. The van der Waals surface area contributed by atoms with Crippen LogP contribution in [-0.2, 0) is 11.8 Å². The van der Waals surface area contributed by atoms with Gasteiger partial charge in [0.25, 0.3) is 11.5 Å². The van der Waals surface area contributed by atoms with Crippen LogP contribution in [0.3, 0.4) is 0 Å². The van der Waals surface area contributed by atoms with Gasteiger partial charge in [0.1, 0.15) is 12.1 Å². The first-order valence-electron chi connectivity index (χ1n) is 6.40. The molecule has 0 spiro atoms. The summed E-state index contributed by atoms with van der Waals surface area (Å²) in [4.78, 5) is 36.8. The van der Waals surface area contributed by atoms with Crippen molar-refractivity contribution in [3.8, 4) is 0 Å². The average Bonchev–Trinajstić information content (AvgIpc) is 3.17. The van der Waals surface area contributed by atoms with Gasteiger partial charge in [-0.15, -0.1) is 0 Å². The van der Waals surface area contributed by atoms with Crippen molar-refractivity contribution in [3.05, 3.63) is 27.2 Å². The molecule has 1 aromatic rings. The van der Waals surface area contributed by atoms with Gasteiger partial charge < -0.3 is 10.0 Å². The number of carbonyl (C=O) groups is 2. The highest BCUT2D eigenvalue weighted by atomic mass is 16.4. The molecule has 0 bridgehead atoms. The first-order valence-corrected chi connectivity index (χ1v) is 6.40. The maximum absolute atomic E-state index is 12.5. The minimum atomic E-state index is -1.08. The van der Waals surface area contributed by atoms with E-state index in [-0.39, 0.29) is 18.2 Å². The molecule has 0 radical (unpaired) electrons. The Hall–Kier alpha value is -2.18. The summed E-state index contributed by atoms with van der Waals surface area (Å²) in [6.45, 7) is 2.99. The van der Waals surface area contributed by atoms with E-state index in [1.54, 1.807) is 13.8 Å². The first-order chi connectivity index (χ1) is 9.32. The van der Waals surface area contributed by atoms with Gasteiger partial charge in [-0.2, -0.15) is 5.10 Å². The minimum Gasteiger partial charge on any atom is -0.480 e. The third-order valence-corrected chi connectivity index (χ3v) is 3.49. The molecule has 2 rings (SSSR count). The van der Waals surface area contributed by atoms with Gasteiger partial charge in [-0.3, -0.25) is 14.4 Å². The van der Waals surface area contributed by atoms with Crippen molar-refractivity contribution in [2.24, 2.45) is 7.05 Å². The third-order valence-electron chi connectivity index (χ3n) is 3.49. The summed E-state index contributed by atoms with van der Waals surface area (Å²) >= 11 is 0. The van der Waals surface area contributed by atoms with Gasteiger partial charge in [0.2, 0.25) is 0 Å². The largest absolute Gasteiger partial charge is 0.480 e. The molecule has 1 amide bonds. The minimum absolute atomic E-state index is 0.0214. The standard InChI is InChI=1S/C13H17N3O4/c1-7-8(2)14-15(3)12(19)11(7)13(20)16(6-10(17)18)9-4-5-9/h9H,4-6H2,1-3H3,(H,17,18). The Morgan fingerprint density at radius 1 is 1.40 bits per heavy atom. The number of carboxylic acids is 1. The summed E-state index contributed by atoms with van der Waals surface area (Å²) in [5, 5.41) is 12.9. The molecule has 7 heteroatoms. The van der Waals surface area contributed by atoms with E-state index in [1.807, 2.05) is 0 Å². The van der Waals surface area contributed by atoms with E-state index in [1.165, 1.54) is 11.9 Å². The fourth-order valence-corrected chi connectivity index (χ4v) is 2.14. The quantitative estimate of drug-likeness (QED) is 0.843. The first kappa shape index (κ1) is 14.2. The fraction of sp³-hybridized carbons (Fsp3) is 0.538. The van der Waals surface area contributed by atoms with Gasteiger partial charge in [-0.1, -0.05) is 0 Å². The second-order valence-electron chi connectivity index (χ2n) is 5.07. The van der Waals surface area contributed by atoms with Crippen LogP contribution in [0.2, 0.25) is 0 Å². The number of carboxylic acid groups (broad SMARTS) is 1. The highest BCUT2D eigenvalue weighted by molar-refractivity contribution is 5.97. The topological polar surface area (TPSA) is 92.5 Å². The van der Waals surface area contributed by atoms with Crippen LogP contribution < -0.4 is 5.56 Å². The predicted molar refractivity (Wildman–Crippen MR) is 70.6 cm³/mol. The summed E-state index contributed by atoms with van der Waals surface area (Å²) in [7, 11) is 1.48. The number of carbonyl (C=O) groups excluding carboxylic acids is 1. The van der Waals surface area contributed by atoms with Crippen molar-refractivity contribution in [1.29, 1.82) is 0 Å². The Morgan fingerprint density at radius 2 is 2.00 bits per heavy atom. The van der Waals surface area contributed by atoms with Gasteiger partial charge in [-0.25, -0.2) is 4.68 Å². The second-order valence-corrected chi connectivity index (χ2v) is 5.07. The van der Waals surface area contributed by atoms with E-state index in [9.17, 15) is 14.4 Å². The number of hydrogen-bond acceptors (Lipinski definition) is 4. The monoisotopic (exact) mass is 279 g/mol. The van der Waals surface area contributed by atoms with E-state index < -0.39 is 17.4 Å². The molecule has 1 heterocycles. The van der Waals surface area contributed by atoms with E-state index in [4.69, 9.17) is 5.11 Å². The van der Waals surface area contributed by atoms with E-state index in [2.05, 4.69) is 5.10 Å².